The molecule has 1 aromatic rings. The molecular formula is C13H20N2O2S. The first-order valence-corrected chi connectivity index (χ1v) is 7.98. The Bertz CT molecular complexity index is 469. The van der Waals surface area contributed by atoms with Gasteiger partial charge in [0.2, 0.25) is 10.0 Å². The van der Waals surface area contributed by atoms with Crippen molar-refractivity contribution in [3.05, 3.63) is 35.9 Å². The molecule has 0 aromatic heterocycles. The highest BCUT2D eigenvalue weighted by atomic mass is 32.2. The monoisotopic (exact) mass is 268 g/mol. The van der Waals surface area contributed by atoms with Gasteiger partial charge in [0, 0.05) is 19.1 Å². The van der Waals surface area contributed by atoms with Crippen molar-refractivity contribution in [1.82, 2.24) is 4.31 Å². The van der Waals surface area contributed by atoms with Crippen molar-refractivity contribution in [3.63, 3.8) is 0 Å². The summed E-state index contributed by atoms with van der Waals surface area (Å²) in [5, 5.41) is 0. The maximum absolute atomic E-state index is 12.4. The molecule has 1 aliphatic rings. The summed E-state index contributed by atoms with van der Waals surface area (Å²) in [6, 6.07) is 9.47. The van der Waals surface area contributed by atoms with Crippen LogP contribution in [0, 0.1) is 0 Å². The predicted molar refractivity (Wildman–Crippen MR) is 72.5 cm³/mol. The summed E-state index contributed by atoms with van der Waals surface area (Å²) in [6.45, 7) is 0.810. The largest absolute Gasteiger partial charge is 0.329 e. The quantitative estimate of drug-likeness (QED) is 0.846. The van der Waals surface area contributed by atoms with Crippen molar-refractivity contribution in [2.24, 2.45) is 5.73 Å². The first kappa shape index (κ1) is 13.5. The number of sulfonamides is 1. The summed E-state index contributed by atoms with van der Waals surface area (Å²) >= 11 is 0. The van der Waals surface area contributed by atoms with E-state index in [0.29, 0.717) is 13.1 Å². The number of nitrogens with two attached hydrogens (primary N) is 1. The molecule has 1 aromatic carbocycles. The van der Waals surface area contributed by atoms with Crippen LogP contribution in [0.2, 0.25) is 0 Å². The van der Waals surface area contributed by atoms with Gasteiger partial charge in [0.15, 0.2) is 0 Å². The molecule has 5 heteroatoms. The molecule has 0 bridgehead atoms. The molecule has 0 aliphatic heterocycles. The summed E-state index contributed by atoms with van der Waals surface area (Å²) in [5.74, 6) is 0.0737. The van der Waals surface area contributed by atoms with Crippen molar-refractivity contribution in [2.75, 3.05) is 13.1 Å². The van der Waals surface area contributed by atoms with E-state index >= 15 is 0 Å². The van der Waals surface area contributed by atoms with Gasteiger partial charge in [-0.3, -0.25) is 0 Å². The van der Waals surface area contributed by atoms with E-state index in [2.05, 4.69) is 0 Å². The van der Waals surface area contributed by atoms with Crippen molar-refractivity contribution >= 4 is 10.0 Å². The Hall–Kier alpha value is -0.910. The highest BCUT2D eigenvalue weighted by Gasteiger charge is 2.33. The zero-order valence-electron chi connectivity index (χ0n) is 10.5. The lowest BCUT2D eigenvalue weighted by Gasteiger charge is -2.36. The van der Waals surface area contributed by atoms with Gasteiger partial charge < -0.3 is 5.73 Å². The fourth-order valence-corrected chi connectivity index (χ4v) is 4.05. The molecule has 18 heavy (non-hydrogen) atoms. The molecule has 0 spiro atoms. The van der Waals surface area contributed by atoms with E-state index < -0.39 is 10.0 Å². The predicted octanol–water partition coefficient (Wildman–Crippen LogP) is 1.33. The zero-order valence-corrected chi connectivity index (χ0v) is 11.3. The van der Waals surface area contributed by atoms with Gasteiger partial charge in [-0.1, -0.05) is 36.8 Å². The number of nitrogens with zero attached hydrogens (tertiary/aromatic N) is 1. The second kappa shape index (κ2) is 5.82. The summed E-state index contributed by atoms with van der Waals surface area (Å²) in [6.07, 6.45) is 3.05. The minimum absolute atomic E-state index is 0.0737. The molecule has 1 saturated carbocycles. The highest BCUT2D eigenvalue weighted by molar-refractivity contribution is 7.88. The van der Waals surface area contributed by atoms with Crippen LogP contribution in [0.4, 0.5) is 0 Å². The van der Waals surface area contributed by atoms with Crippen molar-refractivity contribution in [2.45, 2.75) is 31.1 Å². The number of benzene rings is 1. The SMILES string of the molecule is NCCN(C1CCC1)S(=O)(=O)Cc1ccccc1. The van der Waals surface area contributed by atoms with E-state index in [0.717, 1.165) is 24.8 Å². The zero-order chi connectivity index (χ0) is 13.0. The van der Waals surface area contributed by atoms with E-state index in [-0.39, 0.29) is 11.8 Å². The maximum atomic E-state index is 12.4. The molecule has 0 radical (unpaired) electrons. The van der Waals surface area contributed by atoms with Crippen LogP contribution in [0.25, 0.3) is 0 Å². The Labute approximate surface area is 109 Å². The lowest BCUT2D eigenvalue weighted by atomic mass is 9.93. The van der Waals surface area contributed by atoms with Gasteiger partial charge in [-0.15, -0.1) is 0 Å². The van der Waals surface area contributed by atoms with Crippen LogP contribution < -0.4 is 5.73 Å². The molecule has 2 rings (SSSR count). The second-order valence-electron chi connectivity index (χ2n) is 4.73. The van der Waals surface area contributed by atoms with Gasteiger partial charge in [-0.2, -0.15) is 4.31 Å². The van der Waals surface area contributed by atoms with Crippen LogP contribution in [0.15, 0.2) is 30.3 Å². The molecule has 0 amide bonds. The first-order chi connectivity index (χ1) is 8.63. The third-order valence-corrected chi connectivity index (χ3v) is 5.27. The summed E-state index contributed by atoms with van der Waals surface area (Å²) in [5.41, 5.74) is 6.36. The van der Waals surface area contributed by atoms with Crippen LogP contribution in [0.3, 0.4) is 0 Å². The van der Waals surface area contributed by atoms with Crippen molar-refractivity contribution in [1.29, 1.82) is 0 Å². The summed E-state index contributed by atoms with van der Waals surface area (Å²) in [4.78, 5) is 0. The lowest BCUT2D eigenvalue weighted by molar-refractivity contribution is 0.223. The van der Waals surface area contributed by atoms with Crippen LogP contribution in [-0.2, 0) is 15.8 Å². The van der Waals surface area contributed by atoms with E-state index in [1.807, 2.05) is 30.3 Å². The van der Waals surface area contributed by atoms with E-state index in [1.54, 1.807) is 4.31 Å². The summed E-state index contributed by atoms with van der Waals surface area (Å²) in [7, 11) is -3.24. The fraction of sp³-hybridized carbons (Fsp3) is 0.538. The standard InChI is InChI=1S/C13H20N2O2S/c14-9-10-15(13-7-4-8-13)18(16,17)11-12-5-2-1-3-6-12/h1-3,5-6,13H,4,7-11,14H2. The second-order valence-corrected chi connectivity index (χ2v) is 6.65. The molecule has 1 aliphatic carbocycles. The van der Waals surface area contributed by atoms with E-state index in [9.17, 15) is 8.42 Å². The average molecular weight is 268 g/mol. The third-order valence-electron chi connectivity index (χ3n) is 3.38. The Morgan fingerprint density at radius 3 is 2.39 bits per heavy atom. The molecule has 100 valence electrons. The molecule has 0 saturated heterocycles. The van der Waals surface area contributed by atoms with Crippen molar-refractivity contribution < 1.29 is 8.42 Å². The van der Waals surface area contributed by atoms with E-state index in [1.165, 1.54) is 0 Å². The van der Waals surface area contributed by atoms with Gasteiger partial charge in [0.1, 0.15) is 0 Å². The molecule has 0 atom stereocenters. The van der Waals surface area contributed by atoms with Gasteiger partial charge >= 0.3 is 0 Å². The topological polar surface area (TPSA) is 63.4 Å². The lowest BCUT2D eigenvalue weighted by Crippen LogP contribution is -2.46. The average Bonchev–Trinajstić information content (AvgIpc) is 2.27. The van der Waals surface area contributed by atoms with Crippen LogP contribution in [-0.4, -0.2) is 31.9 Å². The van der Waals surface area contributed by atoms with Gasteiger partial charge in [-0.25, -0.2) is 8.42 Å². The minimum atomic E-state index is -3.24. The maximum Gasteiger partial charge on any atom is 0.218 e. The number of hydrogen-bond acceptors (Lipinski definition) is 3. The minimum Gasteiger partial charge on any atom is -0.329 e. The molecule has 4 nitrogen and oxygen atoms in total. The molecule has 0 heterocycles. The smallest absolute Gasteiger partial charge is 0.218 e. The third kappa shape index (κ3) is 3.10. The fourth-order valence-electron chi connectivity index (χ4n) is 2.22. The Balaban J connectivity index is 2.12. The molecule has 0 unspecified atom stereocenters. The van der Waals surface area contributed by atoms with Gasteiger partial charge in [-0.05, 0) is 18.4 Å². The van der Waals surface area contributed by atoms with Gasteiger partial charge in [0.25, 0.3) is 0 Å². The highest BCUT2D eigenvalue weighted by Crippen LogP contribution is 2.27. The molecule has 1 fully saturated rings. The van der Waals surface area contributed by atoms with E-state index in [4.69, 9.17) is 5.73 Å². The number of hydrogen-bond donors (Lipinski definition) is 1. The first-order valence-electron chi connectivity index (χ1n) is 6.37. The van der Waals surface area contributed by atoms with Crippen LogP contribution in [0.5, 0.6) is 0 Å². The van der Waals surface area contributed by atoms with Crippen molar-refractivity contribution in [3.8, 4) is 0 Å². The van der Waals surface area contributed by atoms with Gasteiger partial charge in [0.05, 0.1) is 5.75 Å². The Morgan fingerprint density at radius 1 is 1.22 bits per heavy atom. The molecule has 2 N–H and O–H groups in total. The summed E-state index contributed by atoms with van der Waals surface area (Å²) < 4.78 is 26.4. The van der Waals surface area contributed by atoms with Crippen LogP contribution in [0.1, 0.15) is 24.8 Å². The normalized spacial score (nSPS) is 16.8. The van der Waals surface area contributed by atoms with Crippen LogP contribution >= 0.6 is 0 Å². The Morgan fingerprint density at radius 2 is 1.89 bits per heavy atom. The Kier molecular flexibility index (Phi) is 4.37. The molecular weight excluding hydrogens is 248 g/mol. The number of rotatable bonds is 6.